The minimum absolute atomic E-state index is 0.120. The van der Waals surface area contributed by atoms with E-state index in [4.69, 9.17) is 9.26 Å². The van der Waals surface area contributed by atoms with Crippen LogP contribution in [0.1, 0.15) is 31.4 Å². The van der Waals surface area contributed by atoms with E-state index >= 15 is 0 Å². The second kappa shape index (κ2) is 6.27. The smallest absolute Gasteiger partial charge is 0.151 e. The summed E-state index contributed by atoms with van der Waals surface area (Å²) < 4.78 is 11.4. The lowest BCUT2D eigenvalue weighted by Crippen LogP contribution is -2.51. The van der Waals surface area contributed by atoms with Crippen molar-refractivity contribution in [3.63, 3.8) is 0 Å². The molecule has 0 amide bonds. The summed E-state index contributed by atoms with van der Waals surface area (Å²) in [6, 6.07) is 6.07. The lowest BCUT2D eigenvalue weighted by molar-refractivity contribution is -0.0886. The van der Waals surface area contributed by atoms with E-state index in [9.17, 15) is 5.11 Å². The normalized spacial score (nSPS) is 30.4. The Morgan fingerprint density at radius 1 is 1.46 bits per heavy atom. The number of methoxy groups -OCH3 is 1. The molecule has 1 aliphatic heterocycles. The third-order valence-corrected chi connectivity index (χ3v) is 5.55. The van der Waals surface area contributed by atoms with Crippen molar-refractivity contribution in [2.45, 2.75) is 50.0 Å². The maximum absolute atomic E-state index is 10.1. The Morgan fingerprint density at radius 2 is 2.38 bits per heavy atom. The topological polar surface area (TPSA) is 71.6 Å². The van der Waals surface area contributed by atoms with Gasteiger partial charge in [0.25, 0.3) is 0 Å². The number of aliphatic hydroxyl groups excluding tert-OH is 1. The SMILES string of the molecule is CO[C@@]12CC[C@H](O)C[C@@H]1N(Cc1cc(-c3cccnc3)no1)CC2. The van der Waals surface area contributed by atoms with E-state index in [1.54, 1.807) is 19.5 Å². The predicted molar refractivity (Wildman–Crippen MR) is 88.1 cm³/mol. The maximum atomic E-state index is 10.1. The van der Waals surface area contributed by atoms with Crippen LogP contribution >= 0.6 is 0 Å². The number of hydrogen-bond donors (Lipinski definition) is 1. The number of hydrogen-bond acceptors (Lipinski definition) is 6. The van der Waals surface area contributed by atoms with Gasteiger partial charge >= 0.3 is 0 Å². The van der Waals surface area contributed by atoms with Crippen LogP contribution in [0.15, 0.2) is 35.1 Å². The van der Waals surface area contributed by atoms with Gasteiger partial charge in [-0.3, -0.25) is 9.88 Å². The van der Waals surface area contributed by atoms with Crippen LogP contribution in [0.25, 0.3) is 11.3 Å². The first-order valence-corrected chi connectivity index (χ1v) is 8.53. The molecule has 1 N–H and O–H groups in total. The molecule has 1 aliphatic carbocycles. The fourth-order valence-electron chi connectivity index (χ4n) is 4.20. The fraction of sp³-hybridized carbons (Fsp3) is 0.556. The van der Waals surface area contributed by atoms with Crippen LogP contribution in [-0.4, -0.2) is 51.5 Å². The van der Waals surface area contributed by atoms with E-state index in [-0.39, 0.29) is 17.7 Å². The Labute approximate surface area is 141 Å². The van der Waals surface area contributed by atoms with Crippen LogP contribution in [0.4, 0.5) is 0 Å². The zero-order valence-electron chi connectivity index (χ0n) is 13.9. The molecule has 0 spiro atoms. The first-order valence-electron chi connectivity index (χ1n) is 8.53. The van der Waals surface area contributed by atoms with E-state index in [2.05, 4.69) is 15.0 Å². The largest absolute Gasteiger partial charge is 0.393 e. The first-order chi connectivity index (χ1) is 11.7. The van der Waals surface area contributed by atoms with Crippen LogP contribution in [0.3, 0.4) is 0 Å². The van der Waals surface area contributed by atoms with Crippen LogP contribution in [-0.2, 0) is 11.3 Å². The molecule has 0 bridgehead atoms. The zero-order chi connectivity index (χ0) is 16.6. The van der Waals surface area contributed by atoms with Gasteiger partial charge in [-0.2, -0.15) is 0 Å². The minimum Gasteiger partial charge on any atom is -0.393 e. The van der Waals surface area contributed by atoms with E-state index in [1.165, 1.54) is 0 Å². The average molecular weight is 329 g/mol. The summed E-state index contributed by atoms with van der Waals surface area (Å²) in [7, 11) is 1.79. The van der Waals surface area contributed by atoms with Crippen molar-refractivity contribution in [2.75, 3.05) is 13.7 Å². The Morgan fingerprint density at radius 3 is 3.17 bits per heavy atom. The van der Waals surface area contributed by atoms with Gasteiger partial charge in [-0.25, -0.2) is 0 Å². The van der Waals surface area contributed by atoms with Gasteiger partial charge in [0.15, 0.2) is 5.76 Å². The van der Waals surface area contributed by atoms with Crippen LogP contribution < -0.4 is 0 Å². The van der Waals surface area contributed by atoms with Gasteiger partial charge in [-0.1, -0.05) is 5.16 Å². The molecule has 6 nitrogen and oxygen atoms in total. The summed E-state index contributed by atoms with van der Waals surface area (Å²) in [6.45, 7) is 1.64. The minimum atomic E-state index is -0.237. The molecule has 6 heteroatoms. The summed E-state index contributed by atoms with van der Waals surface area (Å²) in [6.07, 6.45) is 6.80. The van der Waals surface area contributed by atoms with Crippen molar-refractivity contribution >= 4 is 0 Å². The molecule has 1 saturated carbocycles. The van der Waals surface area contributed by atoms with Gasteiger partial charge < -0.3 is 14.4 Å². The van der Waals surface area contributed by atoms with Gasteiger partial charge in [0.1, 0.15) is 5.69 Å². The number of rotatable bonds is 4. The van der Waals surface area contributed by atoms with E-state index in [0.29, 0.717) is 6.54 Å². The number of fused-ring (bicyclic) bond motifs is 1. The number of likely N-dealkylation sites (tertiary alicyclic amines) is 1. The van der Waals surface area contributed by atoms with E-state index in [0.717, 1.165) is 49.2 Å². The van der Waals surface area contributed by atoms with Crippen molar-refractivity contribution in [3.8, 4) is 11.3 Å². The van der Waals surface area contributed by atoms with Crippen molar-refractivity contribution in [3.05, 3.63) is 36.4 Å². The van der Waals surface area contributed by atoms with Gasteiger partial charge in [0, 0.05) is 43.7 Å². The van der Waals surface area contributed by atoms with Gasteiger partial charge in [0.2, 0.25) is 0 Å². The molecule has 0 unspecified atom stereocenters. The summed E-state index contributed by atoms with van der Waals surface area (Å²) >= 11 is 0. The molecule has 1 saturated heterocycles. The fourth-order valence-corrected chi connectivity index (χ4v) is 4.20. The average Bonchev–Trinajstić information content (AvgIpc) is 3.22. The molecule has 2 aliphatic rings. The van der Waals surface area contributed by atoms with Gasteiger partial charge in [-0.05, 0) is 37.8 Å². The summed E-state index contributed by atoms with van der Waals surface area (Å²) in [5.74, 6) is 0.834. The molecule has 2 aromatic heterocycles. The molecule has 0 radical (unpaired) electrons. The Hall–Kier alpha value is -1.76. The molecule has 24 heavy (non-hydrogen) atoms. The predicted octanol–water partition coefficient (Wildman–Crippen LogP) is 2.24. The highest BCUT2D eigenvalue weighted by Crippen LogP contribution is 2.43. The number of pyridine rings is 1. The number of aromatic nitrogens is 2. The molecule has 3 atom stereocenters. The monoisotopic (exact) mass is 329 g/mol. The maximum Gasteiger partial charge on any atom is 0.151 e. The van der Waals surface area contributed by atoms with Crippen LogP contribution in [0.2, 0.25) is 0 Å². The molecular formula is C18H23N3O3. The Kier molecular flexibility index (Phi) is 4.12. The number of aliphatic hydroxyl groups is 1. The highest BCUT2D eigenvalue weighted by molar-refractivity contribution is 5.57. The molecule has 0 aromatic carbocycles. The van der Waals surface area contributed by atoms with Gasteiger partial charge in [-0.15, -0.1) is 0 Å². The molecule has 128 valence electrons. The number of ether oxygens (including phenoxy) is 1. The number of nitrogens with zero attached hydrogens (tertiary/aromatic N) is 3. The van der Waals surface area contributed by atoms with Crippen molar-refractivity contribution in [1.29, 1.82) is 0 Å². The Balaban J connectivity index is 1.51. The Bertz CT molecular complexity index is 690. The molecular weight excluding hydrogens is 306 g/mol. The zero-order valence-corrected chi connectivity index (χ0v) is 13.9. The van der Waals surface area contributed by atoms with Crippen LogP contribution in [0.5, 0.6) is 0 Å². The summed E-state index contributed by atoms with van der Waals surface area (Å²) in [4.78, 5) is 6.48. The standard InChI is InChI=1S/C18H23N3O3/c1-23-18-5-4-14(22)9-17(18)21(8-6-18)12-15-10-16(20-24-15)13-3-2-7-19-11-13/h2-3,7,10-11,14,17,22H,4-6,8-9,12H2,1H3/t14-,17-,18+/m0/s1. The summed E-state index contributed by atoms with van der Waals surface area (Å²) in [5.41, 5.74) is 1.64. The highest BCUT2D eigenvalue weighted by atomic mass is 16.5. The van der Waals surface area contributed by atoms with Crippen molar-refractivity contribution < 1.29 is 14.4 Å². The second-order valence-electron chi connectivity index (χ2n) is 6.85. The van der Waals surface area contributed by atoms with Gasteiger partial charge in [0.05, 0.1) is 18.2 Å². The van der Waals surface area contributed by atoms with E-state index in [1.807, 2.05) is 18.2 Å². The molecule has 4 rings (SSSR count). The second-order valence-corrected chi connectivity index (χ2v) is 6.85. The third-order valence-electron chi connectivity index (χ3n) is 5.55. The van der Waals surface area contributed by atoms with Crippen LogP contribution in [0, 0.1) is 0 Å². The van der Waals surface area contributed by atoms with Crippen molar-refractivity contribution in [1.82, 2.24) is 15.0 Å². The first kappa shape index (κ1) is 15.7. The molecule has 2 aromatic rings. The lowest BCUT2D eigenvalue weighted by atomic mass is 9.79. The van der Waals surface area contributed by atoms with Crippen molar-refractivity contribution in [2.24, 2.45) is 0 Å². The lowest BCUT2D eigenvalue weighted by Gasteiger charge is -2.42. The van der Waals surface area contributed by atoms with E-state index < -0.39 is 0 Å². The highest BCUT2D eigenvalue weighted by Gasteiger charge is 2.50. The quantitative estimate of drug-likeness (QED) is 0.927. The molecule has 2 fully saturated rings. The third kappa shape index (κ3) is 2.75. The molecule has 3 heterocycles. The summed E-state index contributed by atoms with van der Waals surface area (Å²) in [5, 5.41) is 14.2.